The summed E-state index contributed by atoms with van der Waals surface area (Å²) in [6, 6.07) is 2.85. The molecule has 0 spiro atoms. The molecule has 7 heteroatoms. The van der Waals surface area contributed by atoms with Crippen molar-refractivity contribution >= 4 is 11.8 Å². The molecule has 0 radical (unpaired) electrons. The predicted molar refractivity (Wildman–Crippen MR) is 81.9 cm³/mol. The number of carbonyl (C=O) groups is 2. The van der Waals surface area contributed by atoms with E-state index in [4.69, 9.17) is 14.2 Å². The molecule has 0 bridgehead atoms. The quantitative estimate of drug-likeness (QED) is 0.433. The Morgan fingerprint density at radius 1 is 1.29 bits per heavy atom. The Morgan fingerprint density at radius 2 is 2.00 bits per heavy atom. The second-order valence-electron chi connectivity index (χ2n) is 5.62. The Kier molecular flexibility index (Phi) is 5.41. The maximum absolute atomic E-state index is 13.8. The molecule has 24 heavy (non-hydrogen) atoms. The van der Waals surface area contributed by atoms with E-state index in [1.165, 1.54) is 26.4 Å². The Hall–Kier alpha value is -2.18. The van der Waals surface area contributed by atoms with Gasteiger partial charge in [0.05, 0.1) is 20.8 Å². The van der Waals surface area contributed by atoms with Crippen molar-refractivity contribution in [2.24, 2.45) is 5.41 Å². The molecule has 0 heterocycles. The van der Waals surface area contributed by atoms with Gasteiger partial charge in [0.2, 0.25) is 0 Å². The molecule has 2 rings (SSSR count). The lowest BCUT2D eigenvalue weighted by molar-refractivity contribution is -0.160. The topological polar surface area (TPSA) is 61.8 Å². The van der Waals surface area contributed by atoms with Crippen molar-refractivity contribution in [1.29, 1.82) is 0 Å². The Bertz CT molecular complexity index is 644. The van der Waals surface area contributed by atoms with Crippen LogP contribution in [0.15, 0.2) is 12.1 Å². The molecule has 1 aliphatic carbocycles. The number of halogens is 2. The van der Waals surface area contributed by atoms with Crippen LogP contribution in [0.3, 0.4) is 0 Å². The number of methoxy groups -OCH3 is 2. The zero-order valence-corrected chi connectivity index (χ0v) is 13.9. The van der Waals surface area contributed by atoms with E-state index >= 15 is 0 Å². The Labute approximate surface area is 138 Å². The summed E-state index contributed by atoms with van der Waals surface area (Å²) >= 11 is 0. The average Bonchev–Trinajstić information content (AvgIpc) is 2.88. The van der Waals surface area contributed by atoms with Gasteiger partial charge in [0.25, 0.3) is 6.43 Å². The van der Waals surface area contributed by atoms with Gasteiger partial charge in [-0.15, -0.1) is 0 Å². The molecule has 0 saturated carbocycles. The maximum Gasteiger partial charge on any atom is 0.326 e. The third-order valence-electron chi connectivity index (χ3n) is 4.21. The van der Waals surface area contributed by atoms with Gasteiger partial charge in [-0.05, 0) is 12.5 Å². The average molecular weight is 342 g/mol. The number of hydrogen-bond donors (Lipinski definition) is 0. The maximum atomic E-state index is 13.8. The molecule has 1 aromatic rings. The molecule has 1 aromatic carbocycles. The van der Waals surface area contributed by atoms with Crippen LogP contribution in [0.1, 0.15) is 35.7 Å². The zero-order chi connectivity index (χ0) is 17.9. The highest BCUT2D eigenvalue weighted by Crippen LogP contribution is 2.47. The molecule has 0 aromatic heterocycles. The van der Waals surface area contributed by atoms with Crippen molar-refractivity contribution in [3.05, 3.63) is 23.3 Å². The van der Waals surface area contributed by atoms with E-state index in [2.05, 4.69) is 0 Å². The monoisotopic (exact) mass is 342 g/mol. The highest BCUT2D eigenvalue weighted by molar-refractivity contribution is 6.17. The molecule has 0 aliphatic heterocycles. The number of ketones is 1. The minimum Gasteiger partial charge on any atom is -0.497 e. The van der Waals surface area contributed by atoms with Gasteiger partial charge in [0.1, 0.15) is 11.5 Å². The number of alkyl halides is 2. The van der Waals surface area contributed by atoms with Gasteiger partial charge < -0.3 is 14.2 Å². The highest BCUT2D eigenvalue weighted by Gasteiger charge is 2.60. The largest absolute Gasteiger partial charge is 0.497 e. The van der Waals surface area contributed by atoms with E-state index in [-0.39, 0.29) is 23.5 Å². The first-order valence-electron chi connectivity index (χ1n) is 7.67. The molecule has 0 saturated heterocycles. The highest BCUT2D eigenvalue weighted by atomic mass is 19.3. The lowest BCUT2D eigenvalue weighted by Gasteiger charge is -2.24. The minimum absolute atomic E-state index is 0.00782. The second kappa shape index (κ2) is 7.15. The van der Waals surface area contributed by atoms with Crippen LogP contribution >= 0.6 is 0 Å². The van der Waals surface area contributed by atoms with Crippen molar-refractivity contribution < 1.29 is 32.6 Å². The van der Waals surface area contributed by atoms with E-state index < -0.39 is 30.0 Å². The summed E-state index contributed by atoms with van der Waals surface area (Å²) < 4.78 is 42.8. The summed E-state index contributed by atoms with van der Waals surface area (Å²) in [7, 11) is 2.75. The minimum atomic E-state index is -3.18. The molecule has 0 N–H and O–H groups in total. The number of carbonyl (C=O) groups excluding carboxylic acids is 2. The van der Waals surface area contributed by atoms with Gasteiger partial charge in [-0.25, -0.2) is 8.78 Å². The van der Waals surface area contributed by atoms with Gasteiger partial charge in [-0.1, -0.05) is 13.3 Å². The molecule has 1 unspecified atom stereocenters. The Balaban J connectivity index is 2.46. The fourth-order valence-electron chi connectivity index (χ4n) is 2.77. The first-order chi connectivity index (χ1) is 11.4. The number of esters is 1. The van der Waals surface area contributed by atoms with Gasteiger partial charge in [0.15, 0.2) is 11.2 Å². The number of benzene rings is 1. The van der Waals surface area contributed by atoms with E-state index in [9.17, 15) is 18.4 Å². The summed E-state index contributed by atoms with van der Waals surface area (Å²) in [5.74, 6) is -1.61. The summed E-state index contributed by atoms with van der Waals surface area (Å²) in [5, 5.41) is 0. The molecule has 0 amide bonds. The number of hydrogen-bond acceptors (Lipinski definition) is 5. The third-order valence-corrected chi connectivity index (χ3v) is 4.21. The van der Waals surface area contributed by atoms with Crippen LogP contribution in [0.5, 0.6) is 11.5 Å². The lowest BCUT2D eigenvalue weighted by Crippen LogP contribution is -2.45. The first kappa shape index (κ1) is 18.2. The number of unbranched alkanes of at least 4 members (excludes halogenated alkanes) is 1. The van der Waals surface area contributed by atoms with Gasteiger partial charge in [0, 0.05) is 23.6 Å². The van der Waals surface area contributed by atoms with Crippen molar-refractivity contribution in [2.75, 3.05) is 20.8 Å². The molecular weight excluding hydrogens is 322 g/mol. The molecule has 132 valence electrons. The normalized spacial score (nSPS) is 19.3. The number of ether oxygens (including phenoxy) is 3. The van der Waals surface area contributed by atoms with Crippen molar-refractivity contribution in [3.8, 4) is 11.5 Å². The molecule has 5 nitrogen and oxygen atoms in total. The van der Waals surface area contributed by atoms with Crippen molar-refractivity contribution in [1.82, 2.24) is 0 Å². The fraction of sp³-hybridized carbons (Fsp3) is 0.529. The fourth-order valence-corrected chi connectivity index (χ4v) is 2.77. The number of Topliss-reactive ketones (excluding diaryl/α,β-unsaturated/α-hetero) is 1. The van der Waals surface area contributed by atoms with Gasteiger partial charge >= 0.3 is 5.97 Å². The molecule has 0 fully saturated rings. The van der Waals surface area contributed by atoms with Crippen LogP contribution in [-0.4, -0.2) is 39.0 Å². The molecule has 1 atom stereocenters. The van der Waals surface area contributed by atoms with Crippen molar-refractivity contribution in [3.63, 3.8) is 0 Å². The summed E-state index contributed by atoms with van der Waals surface area (Å²) in [6.45, 7) is 1.89. The van der Waals surface area contributed by atoms with Crippen LogP contribution in [0.4, 0.5) is 8.78 Å². The van der Waals surface area contributed by atoms with E-state index in [0.717, 1.165) is 6.42 Å². The van der Waals surface area contributed by atoms with Crippen LogP contribution in [0.2, 0.25) is 0 Å². The van der Waals surface area contributed by atoms with Gasteiger partial charge in [-0.3, -0.25) is 9.59 Å². The molecule has 1 aliphatic rings. The third kappa shape index (κ3) is 2.83. The van der Waals surface area contributed by atoms with E-state index in [0.29, 0.717) is 12.2 Å². The van der Waals surface area contributed by atoms with E-state index in [1.54, 1.807) is 0 Å². The smallest absolute Gasteiger partial charge is 0.326 e. The van der Waals surface area contributed by atoms with Crippen LogP contribution in [0, 0.1) is 5.41 Å². The number of fused-ring (bicyclic) bond motifs is 1. The van der Waals surface area contributed by atoms with Gasteiger partial charge in [-0.2, -0.15) is 0 Å². The standard InChI is InChI=1S/C17H20F2O5/c1-4-5-6-24-16(21)17(15(18)19)9-12-11(14(17)20)7-10(22-2)8-13(12)23-3/h7-8,15H,4-6,9H2,1-3H3. The first-order valence-corrected chi connectivity index (χ1v) is 7.67. The second-order valence-corrected chi connectivity index (χ2v) is 5.62. The summed E-state index contributed by atoms with van der Waals surface area (Å²) in [5.41, 5.74) is -2.23. The summed E-state index contributed by atoms with van der Waals surface area (Å²) in [6.07, 6.45) is -2.34. The molecular formula is C17H20F2O5. The predicted octanol–water partition coefficient (Wildman–Crippen LogP) is 3.04. The Morgan fingerprint density at radius 3 is 2.54 bits per heavy atom. The van der Waals surface area contributed by atoms with Crippen LogP contribution in [-0.2, 0) is 16.0 Å². The summed E-state index contributed by atoms with van der Waals surface area (Å²) in [4.78, 5) is 25.0. The van der Waals surface area contributed by atoms with Crippen molar-refractivity contribution in [2.45, 2.75) is 32.6 Å². The SMILES string of the molecule is CCCCOC(=O)C1(C(F)F)Cc2c(OC)cc(OC)cc2C1=O. The number of rotatable bonds is 7. The van der Waals surface area contributed by atoms with Crippen LogP contribution in [0.25, 0.3) is 0 Å². The van der Waals surface area contributed by atoms with E-state index in [1.807, 2.05) is 6.92 Å². The lowest BCUT2D eigenvalue weighted by atomic mass is 9.84. The zero-order valence-electron chi connectivity index (χ0n) is 13.9. The van der Waals surface area contributed by atoms with Crippen LogP contribution < -0.4 is 9.47 Å².